The number of hydrogen-bond donors (Lipinski definition) is 10. The van der Waals surface area contributed by atoms with E-state index in [0.29, 0.717) is 48.5 Å². The number of carboxylic acid groups (broad SMARTS) is 1. The summed E-state index contributed by atoms with van der Waals surface area (Å²) in [4.78, 5) is 101. The Balaban J connectivity index is 1.75. The zero-order chi connectivity index (χ0) is 48.8. The Bertz CT molecular complexity index is 2190. The molecule has 0 aromatic heterocycles. The summed E-state index contributed by atoms with van der Waals surface area (Å²) in [6, 6.07) is 14.7. The van der Waals surface area contributed by atoms with Gasteiger partial charge in [0.2, 0.25) is 29.5 Å². The first-order chi connectivity index (χ1) is 31.4. The molecule has 0 aliphatic heterocycles. The Hall–Kier alpha value is -7.05. The number of carbonyl (C=O) groups excluding carboxylic acids is 6. The Morgan fingerprint density at radius 2 is 1.29 bits per heavy atom. The van der Waals surface area contributed by atoms with Crippen LogP contribution >= 0.6 is 0 Å². The van der Waals surface area contributed by atoms with Gasteiger partial charge in [0.25, 0.3) is 5.91 Å². The van der Waals surface area contributed by atoms with E-state index in [1.807, 2.05) is 50.2 Å². The van der Waals surface area contributed by atoms with E-state index in [0.717, 1.165) is 17.2 Å². The number of amidine groups is 1. The number of guanidine groups is 1. The third-order valence-electron chi connectivity index (χ3n) is 11.0. The van der Waals surface area contributed by atoms with Gasteiger partial charge in [0.05, 0.1) is 18.7 Å². The molecule has 0 heterocycles. The molecule has 0 spiro atoms. The molecule has 3 aromatic rings. The smallest absolute Gasteiger partial charge is 0.305 e. The van der Waals surface area contributed by atoms with Gasteiger partial charge < -0.3 is 54.2 Å². The molecule has 358 valence electrons. The molecule has 0 unspecified atom stereocenters. The maximum Gasteiger partial charge on any atom is 0.305 e. The number of anilines is 1. The second-order valence-corrected chi connectivity index (χ2v) is 16.5. The number of aliphatic carboxylic acids is 1. The number of nitrogens with zero attached hydrogens (tertiary/aromatic N) is 2. The first kappa shape index (κ1) is 53.3. The number of fused-ring (bicyclic) bond motifs is 1. The van der Waals surface area contributed by atoms with E-state index in [-0.39, 0.29) is 50.1 Å². The van der Waals surface area contributed by atoms with E-state index in [4.69, 9.17) is 17.2 Å². The quantitative estimate of drug-likeness (QED) is 0.0301. The van der Waals surface area contributed by atoms with E-state index < -0.39 is 72.0 Å². The van der Waals surface area contributed by atoms with Gasteiger partial charge >= 0.3 is 5.97 Å². The van der Waals surface area contributed by atoms with Crippen molar-refractivity contribution in [1.82, 2.24) is 26.6 Å². The highest BCUT2D eigenvalue weighted by atomic mass is 16.4. The maximum atomic E-state index is 14.0. The summed E-state index contributed by atoms with van der Waals surface area (Å²) in [5, 5.41) is 27.9. The van der Waals surface area contributed by atoms with Crippen LogP contribution in [0.25, 0.3) is 10.8 Å². The van der Waals surface area contributed by atoms with E-state index in [1.165, 1.54) is 0 Å². The fourth-order valence-electron chi connectivity index (χ4n) is 6.68. The lowest BCUT2D eigenvalue weighted by Crippen LogP contribution is -2.60. The molecule has 0 radical (unpaired) electrons. The van der Waals surface area contributed by atoms with Crippen molar-refractivity contribution in [2.24, 2.45) is 39.0 Å². The number of rotatable bonds is 27. The molecule has 0 fully saturated rings. The van der Waals surface area contributed by atoms with Crippen molar-refractivity contribution in [2.75, 3.05) is 25.0 Å². The van der Waals surface area contributed by atoms with E-state index in [9.17, 15) is 38.7 Å². The molecule has 6 atom stereocenters. The van der Waals surface area contributed by atoms with Crippen molar-refractivity contribution in [2.45, 2.75) is 110 Å². The number of carbonyl (C=O) groups is 7. The fraction of sp³-hybridized carbons (Fsp3) is 0.468. The number of aliphatic imine (C=N–C) groups is 2. The lowest BCUT2D eigenvalue weighted by atomic mass is 9.96. The average Bonchev–Trinajstić information content (AvgIpc) is 3.28. The highest BCUT2D eigenvalue weighted by molar-refractivity contribution is 6.06. The minimum Gasteiger partial charge on any atom is -0.481 e. The van der Waals surface area contributed by atoms with Crippen molar-refractivity contribution in [1.29, 1.82) is 0 Å². The van der Waals surface area contributed by atoms with Crippen LogP contribution in [-0.4, -0.2) is 102 Å². The molecular weight excluding hydrogens is 847 g/mol. The van der Waals surface area contributed by atoms with Crippen molar-refractivity contribution in [3.05, 3.63) is 77.9 Å². The summed E-state index contributed by atoms with van der Waals surface area (Å²) in [6.07, 6.45) is 1.11. The van der Waals surface area contributed by atoms with Crippen molar-refractivity contribution < 1.29 is 38.7 Å². The van der Waals surface area contributed by atoms with Crippen LogP contribution < -0.4 is 49.1 Å². The van der Waals surface area contributed by atoms with Gasteiger partial charge in [-0.3, -0.25) is 43.5 Å². The topological polar surface area (TPSA) is 315 Å². The van der Waals surface area contributed by atoms with E-state index >= 15 is 0 Å². The number of amides is 6. The van der Waals surface area contributed by atoms with Gasteiger partial charge in [0, 0.05) is 30.9 Å². The highest BCUT2D eigenvalue weighted by Crippen LogP contribution is 2.18. The molecule has 0 saturated carbocycles. The maximum absolute atomic E-state index is 14.0. The molecule has 66 heavy (non-hydrogen) atoms. The molecule has 3 rings (SSSR count). The second-order valence-electron chi connectivity index (χ2n) is 16.5. The van der Waals surface area contributed by atoms with Crippen LogP contribution in [0.1, 0.15) is 95.5 Å². The normalized spacial score (nSPS) is 14.0. The van der Waals surface area contributed by atoms with Crippen LogP contribution in [-0.2, 0) is 35.2 Å². The van der Waals surface area contributed by atoms with Gasteiger partial charge in [0.15, 0.2) is 5.96 Å². The van der Waals surface area contributed by atoms with Crippen molar-refractivity contribution in [3.8, 4) is 0 Å². The number of benzene rings is 3. The molecule has 0 aliphatic rings. The molecule has 13 N–H and O–H groups in total. The number of hydrogen-bond acceptors (Lipinski definition) is 9. The molecule has 0 aliphatic carbocycles. The Labute approximate surface area is 386 Å². The van der Waals surface area contributed by atoms with Crippen LogP contribution in [0.3, 0.4) is 0 Å². The Morgan fingerprint density at radius 1 is 0.682 bits per heavy atom. The zero-order valence-electron chi connectivity index (χ0n) is 38.5. The average molecular weight is 914 g/mol. The van der Waals surface area contributed by atoms with Crippen molar-refractivity contribution >= 4 is 69.7 Å². The van der Waals surface area contributed by atoms with Crippen LogP contribution in [0, 0.1) is 11.8 Å². The third-order valence-corrected chi connectivity index (χ3v) is 11.0. The van der Waals surface area contributed by atoms with Gasteiger partial charge in [-0.2, -0.15) is 0 Å². The van der Waals surface area contributed by atoms with Gasteiger partial charge in [-0.15, -0.1) is 0 Å². The summed E-state index contributed by atoms with van der Waals surface area (Å²) in [7, 11) is 0. The SMILES string of the molecule is CC[C@H](C)CNC(=O)[C@H](CCCN=C(N)N)NC(=O)[C@H](CC(=O)O)NC(=O)[C@@H](NC(=O)[C@H](CCCN=C(C)N)NC(=O)Cc1ccc(NC(=O)c2ccc3ccccc3c2)cc1)[C@@H](C)CC. The third kappa shape index (κ3) is 18.6. The summed E-state index contributed by atoms with van der Waals surface area (Å²) < 4.78 is 0. The molecule has 3 aromatic carbocycles. The van der Waals surface area contributed by atoms with Gasteiger partial charge in [-0.1, -0.05) is 83.0 Å². The fourth-order valence-corrected chi connectivity index (χ4v) is 6.68. The molecule has 6 amide bonds. The number of nitrogens with two attached hydrogens (primary N) is 3. The van der Waals surface area contributed by atoms with Crippen LogP contribution in [0.2, 0.25) is 0 Å². The van der Waals surface area contributed by atoms with E-state index in [2.05, 4.69) is 41.9 Å². The number of carboxylic acids is 1. The molecular formula is C47H67N11O8. The first-order valence-electron chi connectivity index (χ1n) is 22.3. The lowest BCUT2D eigenvalue weighted by molar-refractivity contribution is -0.141. The predicted molar refractivity (Wildman–Crippen MR) is 255 cm³/mol. The summed E-state index contributed by atoms with van der Waals surface area (Å²) in [5.41, 5.74) is 18.2. The van der Waals surface area contributed by atoms with Crippen LogP contribution in [0.15, 0.2) is 76.7 Å². The highest BCUT2D eigenvalue weighted by Gasteiger charge is 2.34. The lowest BCUT2D eigenvalue weighted by Gasteiger charge is -2.28. The molecule has 19 nitrogen and oxygen atoms in total. The summed E-state index contributed by atoms with van der Waals surface area (Å²) >= 11 is 0. The van der Waals surface area contributed by atoms with E-state index in [1.54, 1.807) is 51.1 Å². The van der Waals surface area contributed by atoms with Crippen LogP contribution in [0.4, 0.5) is 5.69 Å². The Kier molecular flexibility index (Phi) is 22.1. The van der Waals surface area contributed by atoms with Crippen molar-refractivity contribution in [3.63, 3.8) is 0 Å². The summed E-state index contributed by atoms with van der Waals surface area (Å²) in [6.45, 7) is 9.80. The monoisotopic (exact) mass is 914 g/mol. The van der Waals surface area contributed by atoms with Gasteiger partial charge in [-0.05, 0) is 85.0 Å². The molecule has 19 heteroatoms. The number of nitrogens with one attached hydrogen (secondary N) is 6. The minimum absolute atomic E-state index is 0.105. The zero-order valence-corrected chi connectivity index (χ0v) is 38.5. The first-order valence-corrected chi connectivity index (χ1v) is 22.3. The molecule has 0 bridgehead atoms. The predicted octanol–water partition coefficient (Wildman–Crippen LogP) is 2.47. The molecule has 0 saturated heterocycles. The van der Waals surface area contributed by atoms with Crippen LogP contribution in [0.5, 0.6) is 0 Å². The largest absolute Gasteiger partial charge is 0.481 e. The Morgan fingerprint density at radius 3 is 1.89 bits per heavy atom. The van der Waals surface area contributed by atoms with Gasteiger partial charge in [0.1, 0.15) is 24.2 Å². The standard InChI is InChI=1S/C47H67N11O8/c1-6-28(3)27-53-43(63)36(14-11-23-52-47(49)50)56-45(65)38(26-40(60)61)57-46(66)41(29(4)7-2)58-44(64)37(15-10-22-51-30(5)48)55-39(59)24-31-16-20-35(21-17-31)54-42(62)34-19-18-32-12-8-9-13-33(32)25-34/h8-9,12-13,16-21,25,28-29,36-38,41H,6-7,10-11,14-15,22-24,26-27H2,1-5H3,(H2,48,51)(H,53,63)(H,54,62)(H,55,59)(H,56,65)(H,57,66)(H,58,64)(H,60,61)(H4,49,50,52)/t28-,29-,36-,37-,38-,41-/m0/s1. The van der Waals surface area contributed by atoms with Gasteiger partial charge in [-0.25, -0.2) is 0 Å². The minimum atomic E-state index is -1.63. The second kappa shape index (κ2) is 27.3. The summed E-state index contributed by atoms with van der Waals surface area (Å²) in [5.74, 6) is -5.31.